The number of methoxy groups -OCH3 is 3. The molecule has 0 aliphatic rings. The number of nitrogens with one attached hydrogen (secondary N) is 1. The van der Waals surface area contributed by atoms with Crippen LogP contribution in [0.15, 0.2) is 66.7 Å². The number of hydrogen-bond acceptors (Lipinski definition) is 7. The highest BCUT2D eigenvalue weighted by atomic mass is 16.5. The number of carbonyl (C=O) groups excluding carboxylic acids is 2. The Morgan fingerprint density at radius 3 is 1.67 bits per heavy atom. The number of ketones is 1. The average Bonchev–Trinajstić information content (AvgIpc) is 2.81. The van der Waals surface area contributed by atoms with E-state index in [-0.39, 0.29) is 5.78 Å². The van der Waals surface area contributed by atoms with Crippen molar-refractivity contribution in [3.8, 4) is 22.6 Å². The first kappa shape index (κ1) is 25.2. The van der Waals surface area contributed by atoms with E-state index in [0.29, 0.717) is 28.6 Å². The lowest BCUT2D eigenvalue weighted by atomic mass is 10.0. The molecule has 0 fully saturated rings. The van der Waals surface area contributed by atoms with Crippen LogP contribution in [0.4, 0.5) is 17.1 Å². The number of benzene rings is 3. The number of amides is 1. The minimum absolute atomic E-state index is 0.314. The molecule has 3 aromatic carbocycles. The first-order valence-electron chi connectivity index (χ1n) is 10.1. The van der Waals surface area contributed by atoms with Crippen LogP contribution < -0.4 is 26.3 Å². The fourth-order valence-corrected chi connectivity index (χ4v) is 2.97. The number of nitrogen functional groups attached to an aromatic ring is 2. The molecular formula is C25H29N3O5. The molecule has 174 valence electrons. The van der Waals surface area contributed by atoms with Gasteiger partial charge in [-0.2, -0.15) is 0 Å². The summed E-state index contributed by atoms with van der Waals surface area (Å²) in [6, 6.07) is 20.2. The summed E-state index contributed by atoms with van der Waals surface area (Å²) in [6.07, 6.45) is -1.04. The van der Waals surface area contributed by atoms with Crippen LogP contribution in [0.2, 0.25) is 0 Å². The van der Waals surface area contributed by atoms with Gasteiger partial charge in [0.1, 0.15) is 11.5 Å². The molecule has 8 heteroatoms. The molecule has 0 aromatic heterocycles. The SMILES string of the molecule is COC(C(C)=O)C(=O)Nc1ccccc1.COc1cc(-c2ccc(N)c(OC)c2)ccc1N. The van der Waals surface area contributed by atoms with E-state index in [4.69, 9.17) is 25.7 Å². The van der Waals surface area contributed by atoms with E-state index in [2.05, 4.69) is 5.32 Å². The van der Waals surface area contributed by atoms with Gasteiger partial charge in [-0.25, -0.2) is 0 Å². The fourth-order valence-electron chi connectivity index (χ4n) is 2.97. The first-order valence-corrected chi connectivity index (χ1v) is 10.1. The number of anilines is 3. The molecule has 0 saturated carbocycles. The second-order valence-electron chi connectivity index (χ2n) is 7.00. The minimum atomic E-state index is -1.04. The summed E-state index contributed by atoms with van der Waals surface area (Å²) in [5.41, 5.74) is 15.4. The van der Waals surface area contributed by atoms with E-state index >= 15 is 0 Å². The highest BCUT2D eigenvalue weighted by Gasteiger charge is 2.22. The molecule has 5 N–H and O–H groups in total. The normalized spacial score (nSPS) is 10.9. The van der Waals surface area contributed by atoms with E-state index in [0.717, 1.165) is 11.1 Å². The minimum Gasteiger partial charge on any atom is -0.495 e. The molecule has 0 bridgehead atoms. The predicted molar refractivity (Wildman–Crippen MR) is 130 cm³/mol. The smallest absolute Gasteiger partial charge is 0.261 e. The number of carbonyl (C=O) groups is 2. The summed E-state index contributed by atoms with van der Waals surface area (Å²) in [4.78, 5) is 22.5. The molecule has 0 saturated heterocycles. The zero-order valence-corrected chi connectivity index (χ0v) is 19.1. The monoisotopic (exact) mass is 451 g/mol. The van der Waals surface area contributed by atoms with Gasteiger partial charge >= 0.3 is 0 Å². The molecule has 1 unspecified atom stereocenters. The predicted octanol–water partition coefficient (Wildman–Crippen LogP) is 3.76. The Morgan fingerprint density at radius 1 is 0.788 bits per heavy atom. The van der Waals surface area contributed by atoms with Crippen LogP contribution in [0.1, 0.15) is 6.92 Å². The third-order valence-corrected chi connectivity index (χ3v) is 4.68. The van der Waals surface area contributed by atoms with Crippen molar-refractivity contribution < 1.29 is 23.8 Å². The van der Waals surface area contributed by atoms with Crippen LogP contribution in [0.25, 0.3) is 11.1 Å². The molecule has 0 aliphatic heterocycles. The van der Waals surface area contributed by atoms with Crippen molar-refractivity contribution >= 4 is 28.8 Å². The zero-order chi connectivity index (χ0) is 24.4. The standard InChI is InChI=1S/C14H16N2O2.C11H13NO3/c1-17-13-7-9(3-5-11(13)15)10-4-6-12(16)14(8-10)18-2;1-8(13)10(15-2)11(14)12-9-6-4-3-5-7-9/h3-8H,15-16H2,1-2H3;3-7,10H,1-2H3,(H,12,14). The van der Waals surface area contributed by atoms with Gasteiger partial charge in [0.25, 0.3) is 5.91 Å². The van der Waals surface area contributed by atoms with Gasteiger partial charge < -0.3 is 31.0 Å². The van der Waals surface area contributed by atoms with E-state index in [1.807, 2.05) is 42.5 Å². The summed E-state index contributed by atoms with van der Waals surface area (Å²) < 4.78 is 15.2. The molecule has 0 spiro atoms. The lowest BCUT2D eigenvalue weighted by molar-refractivity contribution is -0.137. The number of Topliss-reactive ketones (excluding diaryl/α,β-unsaturated/α-hetero) is 1. The van der Waals surface area contributed by atoms with Crippen LogP contribution in [0.3, 0.4) is 0 Å². The maximum atomic E-state index is 11.5. The first-order chi connectivity index (χ1) is 15.8. The Kier molecular flexibility index (Phi) is 9.26. The topological polar surface area (TPSA) is 126 Å². The van der Waals surface area contributed by atoms with Gasteiger partial charge in [-0.1, -0.05) is 30.3 Å². The van der Waals surface area contributed by atoms with Crippen LogP contribution in [-0.2, 0) is 14.3 Å². The highest BCUT2D eigenvalue weighted by Crippen LogP contribution is 2.32. The largest absolute Gasteiger partial charge is 0.495 e. The van der Waals surface area contributed by atoms with Crippen molar-refractivity contribution in [3.63, 3.8) is 0 Å². The van der Waals surface area contributed by atoms with Crippen LogP contribution in [-0.4, -0.2) is 39.1 Å². The zero-order valence-electron chi connectivity index (χ0n) is 19.1. The average molecular weight is 452 g/mol. The van der Waals surface area contributed by atoms with Crippen LogP contribution in [0.5, 0.6) is 11.5 Å². The maximum absolute atomic E-state index is 11.5. The summed E-state index contributed by atoms with van der Waals surface area (Å²) in [5.74, 6) is 0.550. The number of para-hydroxylation sites is 1. The summed E-state index contributed by atoms with van der Waals surface area (Å²) in [6.45, 7) is 1.32. The van der Waals surface area contributed by atoms with Crippen LogP contribution in [0, 0.1) is 0 Å². The van der Waals surface area contributed by atoms with Gasteiger partial charge in [0.15, 0.2) is 11.9 Å². The quantitative estimate of drug-likeness (QED) is 0.369. The molecule has 3 rings (SSSR count). The Hall–Kier alpha value is -4.04. The number of rotatable bonds is 7. The molecule has 33 heavy (non-hydrogen) atoms. The summed E-state index contributed by atoms with van der Waals surface area (Å²) >= 11 is 0. The third-order valence-electron chi connectivity index (χ3n) is 4.68. The molecule has 0 heterocycles. The van der Waals surface area contributed by atoms with Gasteiger partial charge in [-0.3, -0.25) is 9.59 Å². The summed E-state index contributed by atoms with van der Waals surface area (Å²) in [7, 11) is 4.52. The Bertz CT molecular complexity index is 1040. The molecular weight excluding hydrogens is 422 g/mol. The van der Waals surface area contributed by atoms with E-state index in [1.54, 1.807) is 38.5 Å². The summed E-state index contributed by atoms with van der Waals surface area (Å²) in [5, 5.41) is 2.59. The fraction of sp³-hybridized carbons (Fsp3) is 0.200. The van der Waals surface area contributed by atoms with Gasteiger partial charge in [0, 0.05) is 12.8 Å². The van der Waals surface area contributed by atoms with Crippen molar-refractivity contribution in [1.29, 1.82) is 0 Å². The van der Waals surface area contributed by atoms with Crippen molar-refractivity contribution in [3.05, 3.63) is 66.7 Å². The highest BCUT2D eigenvalue weighted by molar-refractivity contribution is 6.09. The second kappa shape index (κ2) is 12.1. The van der Waals surface area contributed by atoms with Gasteiger partial charge in [0.05, 0.1) is 25.6 Å². The Labute approximate surface area is 193 Å². The third kappa shape index (κ3) is 6.98. The molecule has 0 radical (unpaired) electrons. The molecule has 8 nitrogen and oxygen atoms in total. The Balaban J connectivity index is 0.000000238. The molecule has 1 atom stereocenters. The van der Waals surface area contributed by atoms with Gasteiger partial charge in [-0.15, -0.1) is 0 Å². The van der Waals surface area contributed by atoms with Crippen molar-refractivity contribution in [1.82, 2.24) is 0 Å². The number of ether oxygens (including phenoxy) is 3. The van der Waals surface area contributed by atoms with E-state index < -0.39 is 12.0 Å². The lowest BCUT2D eigenvalue weighted by Crippen LogP contribution is -2.35. The van der Waals surface area contributed by atoms with Crippen molar-refractivity contribution in [2.45, 2.75) is 13.0 Å². The van der Waals surface area contributed by atoms with E-state index in [9.17, 15) is 9.59 Å². The number of hydrogen-bond donors (Lipinski definition) is 3. The second-order valence-corrected chi connectivity index (χ2v) is 7.00. The number of nitrogens with two attached hydrogens (primary N) is 2. The Morgan fingerprint density at radius 2 is 1.27 bits per heavy atom. The molecule has 0 aliphatic carbocycles. The lowest BCUT2D eigenvalue weighted by Gasteiger charge is -2.11. The van der Waals surface area contributed by atoms with Gasteiger partial charge in [-0.05, 0) is 54.4 Å². The maximum Gasteiger partial charge on any atom is 0.261 e. The van der Waals surface area contributed by atoms with Crippen LogP contribution >= 0.6 is 0 Å². The molecule has 3 aromatic rings. The van der Waals surface area contributed by atoms with E-state index in [1.165, 1.54) is 14.0 Å². The van der Waals surface area contributed by atoms with Crippen molar-refractivity contribution in [2.24, 2.45) is 0 Å². The van der Waals surface area contributed by atoms with Gasteiger partial charge in [0.2, 0.25) is 0 Å². The molecule has 1 amide bonds. The van der Waals surface area contributed by atoms with Crippen molar-refractivity contribution in [2.75, 3.05) is 38.1 Å².